The molecule has 1 aliphatic rings. The third-order valence-corrected chi connectivity index (χ3v) is 5.22. The van der Waals surface area contributed by atoms with Crippen LogP contribution < -0.4 is 0 Å². The molecule has 3 aromatic rings. The lowest BCUT2D eigenvalue weighted by Gasteiger charge is -2.24. The van der Waals surface area contributed by atoms with E-state index in [1.807, 2.05) is 12.3 Å². The highest BCUT2D eigenvalue weighted by atomic mass is 79.9. The highest BCUT2D eigenvalue weighted by molar-refractivity contribution is 9.10. The lowest BCUT2D eigenvalue weighted by molar-refractivity contribution is 0.309. The van der Waals surface area contributed by atoms with E-state index < -0.39 is 0 Å². The molecule has 3 heterocycles. The molecular weight excluding hydrogens is 421 g/mol. The average molecular weight is 443 g/mol. The van der Waals surface area contributed by atoms with E-state index in [0.29, 0.717) is 0 Å². The van der Waals surface area contributed by atoms with E-state index in [9.17, 15) is 0 Å². The molecule has 0 aliphatic carbocycles. The van der Waals surface area contributed by atoms with Crippen LogP contribution in [0.3, 0.4) is 0 Å². The summed E-state index contributed by atoms with van der Waals surface area (Å²) in [7, 11) is 2.21. The summed E-state index contributed by atoms with van der Waals surface area (Å²) >= 11 is 3.63. The van der Waals surface area contributed by atoms with Crippen molar-refractivity contribution in [2.45, 2.75) is 25.9 Å². The number of aromatic nitrogens is 2. The fourth-order valence-corrected chi connectivity index (χ4v) is 3.95. The Hall–Kier alpha value is -1.07. The molecule has 6 heteroatoms. The Bertz CT molecular complexity index is 849. The van der Waals surface area contributed by atoms with Gasteiger partial charge >= 0.3 is 0 Å². The van der Waals surface area contributed by atoms with E-state index in [1.54, 1.807) is 0 Å². The first-order valence-electron chi connectivity index (χ1n) is 8.10. The third kappa shape index (κ3) is 4.03. The molecule has 1 aliphatic heterocycles. The van der Waals surface area contributed by atoms with Crippen LogP contribution in [-0.4, -0.2) is 28.0 Å². The lowest BCUT2D eigenvalue weighted by Crippen LogP contribution is -2.27. The number of nitrogens with zero attached hydrogens (tertiary/aromatic N) is 3. The van der Waals surface area contributed by atoms with Crippen molar-refractivity contribution in [3.05, 3.63) is 64.0 Å². The Kier molecular flexibility index (Phi) is 6.92. The van der Waals surface area contributed by atoms with Crippen LogP contribution in [0.2, 0.25) is 0 Å². The standard InChI is InChI=1S/C19H20BrN3.2ClH/c1-22-10-8-19-17(13-22)16-12-14(20)5-6-18(16)23(19)11-7-15-4-2-3-9-21-15;;/h2-6,9,12H,7-8,10-11,13H2,1H3;2*1H. The minimum absolute atomic E-state index is 0. The molecule has 0 spiro atoms. The zero-order valence-corrected chi connectivity index (χ0v) is 17.3. The smallest absolute Gasteiger partial charge is 0.0486 e. The molecule has 0 unspecified atom stereocenters. The summed E-state index contributed by atoms with van der Waals surface area (Å²) in [5, 5.41) is 1.39. The zero-order valence-electron chi connectivity index (χ0n) is 14.1. The van der Waals surface area contributed by atoms with Gasteiger partial charge in [-0.1, -0.05) is 22.0 Å². The molecular formula is C19H22BrCl2N3. The molecule has 0 amide bonds. The molecule has 4 rings (SSSR count). The maximum Gasteiger partial charge on any atom is 0.0486 e. The van der Waals surface area contributed by atoms with Gasteiger partial charge in [0.1, 0.15) is 0 Å². The van der Waals surface area contributed by atoms with Crippen LogP contribution in [0, 0.1) is 0 Å². The summed E-state index contributed by atoms with van der Waals surface area (Å²) < 4.78 is 3.67. The predicted octanol–water partition coefficient (Wildman–Crippen LogP) is 4.87. The number of hydrogen-bond donors (Lipinski definition) is 0. The minimum Gasteiger partial charge on any atom is -0.344 e. The summed E-state index contributed by atoms with van der Waals surface area (Å²) in [5.41, 5.74) is 5.51. The largest absolute Gasteiger partial charge is 0.344 e. The minimum atomic E-state index is 0. The second kappa shape index (κ2) is 8.54. The summed E-state index contributed by atoms with van der Waals surface area (Å²) in [6, 6.07) is 12.8. The van der Waals surface area contributed by atoms with Gasteiger partial charge in [0.15, 0.2) is 0 Å². The van der Waals surface area contributed by atoms with E-state index >= 15 is 0 Å². The molecule has 0 N–H and O–H groups in total. The normalized spacial score (nSPS) is 13.8. The Morgan fingerprint density at radius 2 is 2.00 bits per heavy atom. The Labute approximate surface area is 169 Å². The quantitative estimate of drug-likeness (QED) is 0.576. The van der Waals surface area contributed by atoms with E-state index in [1.165, 1.54) is 22.2 Å². The topological polar surface area (TPSA) is 21.1 Å². The van der Waals surface area contributed by atoms with Crippen LogP contribution in [-0.2, 0) is 25.9 Å². The number of aryl methyl sites for hydroxylation is 2. The maximum absolute atomic E-state index is 4.47. The summed E-state index contributed by atoms with van der Waals surface area (Å²) in [6.45, 7) is 3.17. The van der Waals surface area contributed by atoms with Crippen molar-refractivity contribution < 1.29 is 0 Å². The third-order valence-electron chi connectivity index (χ3n) is 4.72. The fourth-order valence-electron chi connectivity index (χ4n) is 3.58. The average Bonchev–Trinajstić information content (AvgIpc) is 2.86. The Morgan fingerprint density at radius 1 is 1.16 bits per heavy atom. The first kappa shape index (κ1) is 20.2. The highest BCUT2D eigenvalue weighted by Gasteiger charge is 2.22. The van der Waals surface area contributed by atoms with Crippen molar-refractivity contribution in [2.24, 2.45) is 0 Å². The second-order valence-corrected chi connectivity index (χ2v) is 7.21. The molecule has 0 fully saturated rings. The number of likely N-dealkylation sites (N-methyl/N-ethyl adjacent to an activating group) is 1. The van der Waals surface area contributed by atoms with Crippen molar-refractivity contribution in [1.29, 1.82) is 0 Å². The lowest BCUT2D eigenvalue weighted by atomic mass is 10.1. The molecule has 0 atom stereocenters. The van der Waals surface area contributed by atoms with E-state index in [-0.39, 0.29) is 24.8 Å². The Balaban J connectivity index is 0.00000113. The molecule has 0 saturated heterocycles. The van der Waals surface area contributed by atoms with Gasteiger partial charge in [-0.05, 0) is 42.9 Å². The number of hydrogen-bond acceptors (Lipinski definition) is 2. The van der Waals surface area contributed by atoms with Crippen molar-refractivity contribution in [1.82, 2.24) is 14.5 Å². The molecule has 3 nitrogen and oxygen atoms in total. The van der Waals surface area contributed by atoms with Crippen LogP contribution in [0.5, 0.6) is 0 Å². The van der Waals surface area contributed by atoms with Crippen molar-refractivity contribution in [3.8, 4) is 0 Å². The van der Waals surface area contributed by atoms with Gasteiger partial charge in [0.2, 0.25) is 0 Å². The molecule has 2 aromatic heterocycles. The van der Waals surface area contributed by atoms with E-state index in [2.05, 4.69) is 67.8 Å². The van der Waals surface area contributed by atoms with Gasteiger partial charge in [-0.25, -0.2) is 0 Å². The SMILES string of the molecule is CN1CCc2c(c3cc(Br)ccc3n2CCc2ccccn2)C1.Cl.Cl. The number of rotatable bonds is 3. The van der Waals surface area contributed by atoms with Crippen LogP contribution in [0.15, 0.2) is 47.1 Å². The molecule has 25 heavy (non-hydrogen) atoms. The van der Waals surface area contributed by atoms with Gasteiger partial charge in [0, 0.05) is 65.4 Å². The van der Waals surface area contributed by atoms with Crippen LogP contribution >= 0.6 is 40.7 Å². The zero-order chi connectivity index (χ0) is 15.8. The van der Waals surface area contributed by atoms with Crippen LogP contribution in [0.4, 0.5) is 0 Å². The number of pyridine rings is 1. The number of benzene rings is 1. The summed E-state index contributed by atoms with van der Waals surface area (Å²) in [5.74, 6) is 0. The van der Waals surface area contributed by atoms with Crippen LogP contribution in [0.1, 0.15) is 17.0 Å². The van der Waals surface area contributed by atoms with Gasteiger partial charge in [0.25, 0.3) is 0 Å². The van der Waals surface area contributed by atoms with Crippen molar-refractivity contribution in [3.63, 3.8) is 0 Å². The fraction of sp³-hybridized carbons (Fsp3) is 0.316. The number of halogens is 3. The van der Waals surface area contributed by atoms with Gasteiger partial charge in [-0.15, -0.1) is 24.8 Å². The number of fused-ring (bicyclic) bond motifs is 3. The highest BCUT2D eigenvalue weighted by Crippen LogP contribution is 2.32. The molecule has 0 bridgehead atoms. The molecule has 134 valence electrons. The van der Waals surface area contributed by atoms with Gasteiger partial charge in [-0.2, -0.15) is 0 Å². The first-order chi connectivity index (χ1) is 11.2. The van der Waals surface area contributed by atoms with Crippen molar-refractivity contribution in [2.75, 3.05) is 13.6 Å². The Morgan fingerprint density at radius 3 is 2.76 bits per heavy atom. The van der Waals surface area contributed by atoms with Gasteiger partial charge in [0.05, 0.1) is 0 Å². The second-order valence-electron chi connectivity index (χ2n) is 6.30. The molecule has 0 saturated carbocycles. The van der Waals surface area contributed by atoms with Gasteiger partial charge < -0.3 is 9.47 Å². The summed E-state index contributed by atoms with van der Waals surface area (Å²) in [6.07, 6.45) is 3.98. The van der Waals surface area contributed by atoms with Crippen LogP contribution in [0.25, 0.3) is 10.9 Å². The van der Waals surface area contributed by atoms with E-state index in [4.69, 9.17) is 0 Å². The molecule has 1 aromatic carbocycles. The first-order valence-corrected chi connectivity index (χ1v) is 8.89. The predicted molar refractivity (Wildman–Crippen MR) is 112 cm³/mol. The maximum atomic E-state index is 4.47. The summed E-state index contributed by atoms with van der Waals surface area (Å²) in [4.78, 5) is 6.88. The van der Waals surface area contributed by atoms with Gasteiger partial charge in [-0.3, -0.25) is 4.98 Å². The van der Waals surface area contributed by atoms with Crippen molar-refractivity contribution >= 4 is 51.6 Å². The monoisotopic (exact) mass is 441 g/mol. The molecule has 0 radical (unpaired) electrons. The van der Waals surface area contributed by atoms with E-state index in [0.717, 1.165) is 42.6 Å².